The average molecular weight is 453 g/mol. The summed E-state index contributed by atoms with van der Waals surface area (Å²) in [5.41, 5.74) is 12.7. The van der Waals surface area contributed by atoms with E-state index < -0.39 is 10.0 Å². The predicted molar refractivity (Wildman–Crippen MR) is 128 cm³/mol. The third kappa shape index (κ3) is 4.59. The molecule has 8 nitrogen and oxygen atoms in total. The van der Waals surface area contributed by atoms with Crippen LogP contribution in [0.2, 0.25) is 0 Å². The number of aromatic nitrogens is 2. The van der Waals surface area contributed by atoms with Crippen LogP contribution in [0, 0.1) is 0 Å². The number of fused-ring (bicyclic) bond motifs is 1. The zero-order valence-electron chi connectivity index (χ0n) is 18.5. The van der Waals surface area contributed by atoms with Crippen molar-refractivity contribution in [3.05, 3.63) is 65.5 Å². The fourth-order valence-electron chi connectivity index (χ4n) is 3.90. The summed E-state index contributed by atoms with van der Waals surface area (Å²) in [5, 5.41) is 3.51. The average Bonchev–Trinajstić information content (AvgIpc) is 2.78. The van der Waals surface area contributed by atoms with Gasteiger partial charge in [0.2, 0.25) is 10.0 Å². The second-order valence-electron chi connectivity index (χ2n) is 8.15. The molecule has 0 bridgehead atoms. The van der Waals surface area contributed by atoms with Gasteiger partial charge in [0, 0.05) is 50.7 Å². The van der Waals surface area contributed by atoms with E-state index in [1.165, 1.54) is 10.6 Å². The molecule has 1 aliphatic rings. The third-order valence-corrected chi connectivity index (χ3v) is 6.93. The SMILES string of the molecule is CN(C)c1cnc(-c2cc(Nc3cccc4c3CCN(S(C)(=O)=O)C4)ccc2CN)cn1. The van der Waals surface area contributed by atoms with E-state index in [1.54, 1.807) is 12.4 Å². The van der Waals surface area contributed by atoms with Crippen molar-refractivity contribution in [2.75, 3.05) is 37.1 Å². The summed E-state index contributed by atoms with van der Waals surface area (Å²) in [6, 6.07) is 12.0. The first kappa shape index (κ1) is 22.2. The Hall–Kier alpha value is -3.01. The Morgan fingerprint density at radius 3 is 2.62 bits per heavy atom. The van der Waals surface area contributed by atoms with Crippen molar-refractivity contribution in [1.82, 2.24) is 14.3 Å². The summed E-state index contributed by atoms with van der Waals surface area (Å²) in [6.07, 6.45) is 5.43. The summed E-state index contributed by atoms with van der Waals surface area (Å²) in [5.74, 6) is 0.788. The van der Waals surface area contributed by atoms with Gasteiger partial charge in [0.05, 0.1) is 24.3 Å². The van der Waals surface area contributed by atoms with Gasteiger partial charge >= 0.3 is 0 Å². The first-order valence-corrected chi connectivity index (χ1v) is 12.3. The molecule has 0 saturated carbocycles. The van der Waals surface area contributed by atoms with Gasteiger partial charge in [-0.2, -0.15) is 4.31 Å². The molecule has 168 valence electrons. The van der Waals surface area contributed by atoms with Gasteiger partial charge in [-0.05, 0) is 41.3 Å². The maximum absolute atomic E-state index is 11.9. The highest BCUT2D eigenvalue weighted by molar-refractivity contribution is 7.88. The van der Waals surface area contributed by atoms with Crippen LogP contribution in [0.4, 0.5) is 17.2 Å². The molecule has 4 rings (SSSR count). The molecule has 0 spiro atoms. The summed E-state index contributed by atoms with van der Waals surface area (Å²) in [6.45, 7) is 1.28. The Morgan fingerprint density at radius 2 is 1.97 bits per heavy atom. The molecule has 2 aromatic carbocycles. The molecule has 9 heteroatoms. The summed E-state index contributed by atoms with van der Waals surface area (Å²) >= 11 is 0. The van der Waals surface area contributed by atoms with Crippen LogP contribution in [0.1, 0.15) is 16.7 Å². The molecule has 3 aromatic rings. The van der Waals surface area contributed by atoms with Gasteiger partial charge in [0.25, 0.3) is 0 Å². The molecule has 3 N–H and O–H groups in total. The van der Waals surface area contributed by atoms with E-state index in [0.717, 1.165) is 45.1 Å². The van der Waals surface area contributed by atoms with E-state index in [4.69, 9.17) is 5.73 Å². The summed E-state index contributed by atoms with van der Waals surface area (Å²) in [7, 11) is 0.644. The second-order valence-corrected chi connectivity index (χ2v) is 10.1. The van der Waals surface area contributed by atoms with Gasteiger partial charge < -0.3 is 16.0 Å². The van der Waals surface area contributed by atoms with Gasteiger partial charge in [-0.15, -0.1) is 0 Å². The van der Waals surface area contributed by atoms with Crippen molar-refractivity contribution < 1.29 is 8.42 Å². The smallest absolute Gasteiger partial charge is 0.211 e. The highest BCUT2D eigenvalue weighted by atomic mass is 32.2. The maximum atomic E-state index is 11.9. The number of anilines is 3. The Bertz CT molecular complexity index is 1230. The highest BCUT2D eigenvalue weighted by Crippen LogP contribution is 2.32. The van der Waals surface area contributed by atoms with Gasteiger partial charge in [0.1, 0.15) is 5.82 Å². The van der Waals surface area contributed by atoms with Crippen molar-refractivity contribution in [3.8, 4) is 11.3 Å². The number of nitrogens with two attached hydrogens (primary N) is 1. The molecule has 1 aliphatic heterocycles. The highest BCUT2D eigenvalue weighted by Gasteiger charge is 2.24. The van der Waals surface area contributed by atoms with Crippen molar-refractivity contribution >= 4 is 27.2 Å². The molecule has 0 fully saturated rings. The topological polar surface area (TPSA) is 104 Å². The van der Waals surface area contributed by atoms with E-state index in [1.807, 2.05) is 55.4 Å². The lowest BCUT2D eigenvalue weighted by molar-refractivity contribution is 0.395. The molecule has 0 amide bonds. The molecule has 0 radical (unpaired) electrons. The number of nitrogens with zero attached hydrogens (tertiary/aromatic N) is 4. The molecule has 0 atom stereocenters. The zero-order chi connectivity index (χ0) is 22.9. The number of benzene rings is 2. The Kier molecular flexibility index (Phi) is 6.14. The van der Waals surface area contributed by atoms with Gasteiger partial charge in [-0.1, -0.05) is 18.2 Å². The number of hydrogen-bond acceptors (Lipinski definition) is 7. The fraction of sp³-hybridized carbons (Fsp3) is 0.304. The lowest BCUT2D eigenvalue weighted by Gasteiger charge is -2.28. The Morgan fingerprint density at radius 1 is 1.16 bits per heavy atom. The van der Waals surface area contributed by atoms with Crippen molar-refractivity contribution in [2.45, 2.75) is 19.5 Å². The van der Waals surface area contributed by atoms with Crippen LogP contribution in [-0.2, 0) is 29.5 Å². The molecule has 0 aliphatic carbocycles. The lowest BCUT2D eigenvalue weighted by atomic mass is 9.98. The number of rotatable bonds is 6. The molecule has 1 aromatic heterocycles. The van der Waals surface area contributed by atoms with Gasteiger partial charge in [-0.3, -0.25) is 4.98 Å². The molecular weight excluding hydrogens is 424 g/mol. The van der Waals surface area contributed by atoms with Crippen LogP contribution in [-0.4, -0.2) is 49.6 Å². The van der Waals surface area contributed by atoms with Crippen molar-refractivity contribution in [3.63, 3.8) is 0 Å². The number of nitrogens with one attached hydrogen (secondary N) is 1. The maximum Gasteiger partial charge on any atom is 0.211 e. The van der Waals surface area contributed by atoms with Crippen molar-refractivity contribution in [1.29, 1.82) is 0 Å². The fourth-order valence-corrected chi connectivity index (χ4v) is 4.70. The number of sulfonamides is 1. The van der Waals surface area contributed by atoms with Crippen LogP contribution in [0.25, 0.3) is 11.3 Å². The van der Waals surface area contributed by atoms with E-state index in [-0.39, 0.29) is 0 Å². The van der Waals surface area contributed by atoms with E-state index in [2.05, 4.69) is 15.3 Å². The van der Waals surface area contributed by atoms with E-state index in [9.17, 15) is 8.42 Å². The van der Waals surface area contributed by atoms with Crippen LogP contribution >= 0.6 is 0 Å². The zero-order valence-corrected chi connectivity index (χ0v) is 19.4. The quantitative estimate of drug-likeness (QED) is 0.592. The minimum absolute atomic E-state index is 0.398. The predicted octanol–water partition coefficient (Wildman–Crippen LogP) is 2.73. The largest absolute Gasteiger partial charge is 0.361 e. The molecule has 0 saturated heterocycles. The van der Waals surface area contributed by atoms with E-state index >= 15 is 0 Å². The molecular formula is C23H28N6O2S. The van der Waals surface area contributed by atoms with Crippen LogP contribution in [0.15, 0.2) is 48.8 Å². The first-order chi connectivity index (χ1) is 15.3. The summed E-state index contributed by atoms with van der Waals surface area (Å²) in [4.78, 5) is 11.0. The van der Waals surface area contributed by atoms with Crippen LogP contribution in [0.5, 0.6) is 0 Å². The first-order valence-electron chi connectivity index (χ1n) is 10.4. The minimum Gasteiger partial charge on any atom is -0.361 e. The van der Waals surface area contributed by atoms with Crippen LogP contribution < -0.4 is 16.0 Å². The van der Waals surface area contributed by atoms with Crippen LogP contribution in [0.3, 0.4) is 0 Å². The molecule has 0 unspecified atom stereocenters. The summed E-state index contributed by atoms with van der Waals surface area (Å²) < 4.78 is 25.4. The van der Waals surface area contributed by atoms with Crippen molar-refractivity contribution in [2.24, 2.45) is 5.73 Å². The monoisotopic (exact) mass is 452 g/mol. The van der Waals surface area contributed by atoms with E-state index in [0.29, 0.717) is 26.1 Å². The Balaban J connectivity index is 1.64. The Labute approximate surface area is 189 Å². The third-order valence-electron chi connectivity index (χ3n) is 5.68. The van der Waals surface area contributed by atoms with Gasteiger partial charge in [-0.25, -0.2) is 13.4 Å². The molecule has 32 heavy (non-hydrogen) atoms. The minimum atomic E-state index is -3.21. The second kappa shape index (κ2) is 8.85. The number of hydrogen-bond donors (Lipinski definition) is 2. The van der Waals surface area contributed by atoms with Gasteiger partial charge in [0.15, 0.2) is 0 Å². The standard InChI is InChI=1S/C23H28N6O2S/c1-28(2)23-14-25-22(13-26-23)20-11-18(8-7-16(20)12-24)27-21-6-4-5-17-15-29(32(3,30)31)10-9-19(17)21/h4-8,11,13-14,27H,9-10,12,15,24H2,1-3H3. The lowest BCUT2D eigenvalue weighted by Crippen LogP contribution is -2.35. The normalized spacial score (nSPS) is 14.1. The molecule has 2 heterocycles.